The second-order valence-corrected chi connectivity index (χ2v) is 6.07. The van der Waals surface area contributed by atoms with Crippen molar-refractivity contribution >= 4 is 0 Å². The van der Waals surface area contributed by atoms with Gasteiger partial charge in [-0.2, -0.15) is 4.98 Å². The lowest BCUT2D eigenvalue weighted by molar-refractivity contribution is 0.229. The number of para-hydroxylation sites is 1. The van der Waals surface area contributed by atoms with E-state index in [-0.39, 0.29) is 0 Å². The zero-order chi connectivity index (χ0) is 15.9. The Morgan fingerprint density at radius 1 is 1.26 bits per heavy atom. The lowest BCUT2D eigenvalue weighted by Crippen LogP contribution is -2.44. The minimum absolute atomic E-state index is 0.404. The molecule has 0 bridgehead atoms. The topological polar surface area (TPSA) is 95.7 Å². The highest BCUT2D eigenvalue weighted by Gasteiger charge is 2.39. The van der Waals surface area contributed by atoms with Crippen LogP contribution in [0.1, 0.15) is 42.4 Å². The van der Waals surface area contributed by atoms with Gasteiger partial charge in [-0.05, 0) is 38.3 Å². The van der Waals surface area contributed by atoms with Gasteiger partial charge in [0, 0.05) is 0 Å². The van der Waals surface area contributed by atoms with Crippen LogP contribution in [0.15, 0.2) is 34.9 Å². The maximum Gasteiger partial charge on any atom is 0.232 e. The Kier molecular flexibility index (Phi) is 3.23. The average molecular weight is 310 g/mol. The number of rotatable bonds is 4. The molecule has 7 nitrogen and oxygen atoms in total. The smallest absolute Gasteiger partial charge is 0.232 e. The van der Waals surface area contributed by atoms with Gasteiger partial charge in [0.25, 0.3) is 0 Å². The summed E-state index contributed by atoms with van der Waals surface area (Å²) in [6, 6.07) is 9.90. The van der Waals surface area contributed by atoms with Gasteiger partial charge >= 0.3 is 0 Å². The largest absolute Gasteiger partial charge is 0.339 e. The van der Waals surface area contributed by atoms with E-state index in [1.54, 1.807) is 0 Å². The SMILES string of the molecule is Cc1c(Cc2nc(C3(N)CCC3)no2)nnn1-c1ccccc1. The van der Waals surface area contributed by atoms with Gasteiger partial charge in [0.1, 0.15) is 0 Å². The molecule has 0 aliphatic heterocycles. The maximum atomic E-state index is 6.22. The van der Waals surface area contributed by atoms with Crippen molar-refractivity contribution in [3.8, 4) is 5.69 Å². The molecule has 1 fully saturated rings. The number of nitrogens with zero attached hydrogens (tertiary/aromatic N) is 5. The van der Waals surface area contributed by atoms with E-state index in [2.05, 4.69) is 20.5 Å². The van der Waals surface area contributed by atoms with Crippen LogP contribution in [0.25, 0.3) is 5.69 Å². The quantitative estimate of drug-likeness (QED) is 0.790. The van der Waals surface area contributed by atoms with Crippen LogP contribution in [0.4, 0.5) is 0 Å². The first-order valence-corrected chi connectivity index (χ1v) is 7.74. The Morgan fingerprint density at radius 2 is 2.04 bits per heavy atom. The molecule has 1 aliphatic carbocycles. The Bertz CT molecular complexity index is 818. The first-order chi connectivity index (χ1) is 11.2. The Hall–Kier alpha value is -2.54. The van der Waals surface area contributed by atoms with E-state index in [9.17, 15) is 0 Å². The number of hydrogen-bond acceptors (Lipinski definition) is 6. The molecule has 1 aliphatic rings. The molecule has 0 atom stereocenters. The van der Waals surface area contributed by atoms with Gasteiger partial charge in [-0.1, -0.05) is 28.6 Å². The molecule has 7 heteroatoms. The lowest BCUT2D eigenvalue weighted by atomic mass is 9.77. The van der Waals surface area contributed by atoms with E-state index in [1.165, 1.54) is 0 Å². The Labute approximate surface area is 133 Å². The lowest BCUT2D eigenvalue weighted by Gasteiger charge is -2.34. The number of nitrogens with two attached hydrogens (primary N) is 1. The van der Waals surface area contributed by atoms with Gasteiger partial charge in [0.15, 0.2) is 5.82 Å². The van der Waals surface area contributed by atoms with Crippen molar-refractivity contribution < 1.29 is 4.52 Å². The van der Waals surface area contributed by atoms with Crippen LogP contribution in [0, 0.1) is 6.92 Å². The summed E-state index contributed by atoms with van der Waals surface area (Å²) in [5.74, 6) is 1.13. The molecule has 0 spiro atoms. The van der Waals surface area contributed by atoms with Crippen LogP contribution in [0.3, 0.4) is 0 Å². The highest BCUT2D eigenvalue weighted by Crippen LogP contribution is 2.36. The van der Waals surface area contributed by atoms with Gasteiger partial charge in [-0.3, -0.25) is 0 Å². The molecule has 3 aromatic rings. The van der Waals surface area contributed by atoms with Gasteiger partial charge in [0.05, 0.1) is 29.0 Å². The average Bonchev–Trinajstić information content (AvgIpc) is 3.14. The fourth-order valence-corrected chi connectivity index (χ4v) is 2.79. The normalized spacial score (nSPS) is 16.3. The van der Waals surface area contributed by atoms with Crippen LogP contribution in [-0.4, -0.2) is 25.1 Å². The van der Waals surface area contributed by atoms with Crippen molar-refractivity contribution in [3.63, 3.8) is 0 Å². The number of hydrogen-bond donors (Lipinski definition) is 1. The highest BCUT2D eigenvalue weighted by atomic mass is 16.5. The zero-order valence-corrected chi connectivity index (χ0v) is 12.9. The van der Waals surface area contributed by atoms with Crippen LogP contribution in [-0.2, 0) is 12.0 Å². The molecule has 0 unspecified atom stereocenters. The fraction of sp³-hybridized carbons (Fsp3) is 0.375. The molecule has 2 heterocycles. The summed E-state index contributed by atoms with van der Waals surface area (Å²) in [7, 11) is 0. The second kappa shape index (κ2) is 5.27. The first-order valence-electron chi connectivity index (χ1n) is 7.74. The van der Waals surface area contributed by atoms with E-state index in [0.29, 0.717) is 18.1 Å². The zero-order valence-electron chi connectivity index (χ0n) is 12.9. The molecular weight excluding hydrogens is 292 g/mol. The summed E-state index contributed by atoms with van der Waals surface area (Å²) in [5.41, 5.74) is 8.58. The summed E-state index contributed by atoms with van der Waals surface area (Å²) in [5, 5.41) is 12.5. The molecule has 0 radical (unpaired) electrons. The van der Waals surface area contributed by atoms with Gasteiger partial charge in [-0.25, -0.2) is 4.68 Å². The highest BCUT2D eigenvalue weighted by molar-refractivity contribution is 5.33. The third-order valence-corrected chi connectivity index (χ3v) is 4.47. The first kappa shape index (κ1) is 14.1. The van der Waals surface area contributed by atoms with Crippen molar-refractivity contribution in [1.29, 1.82) is 0 Å². The monoisotopic (exact) mass is 310 g/mol. The van der Waals surface area contributed by atoms with E-state index in [4.69, 9.17) is 10.3 Å². The molecule has 4 rings (SSSR count). The minimum atomic E-state index is -0.404. The Balaban J connectivity index is 1.57. The molecule has 2 aromatic heterocycles. The molecule has 1 aromatic carbocycles. The summed E-state index contributed by atoms with van der Waals surface area (Å²) in [6.07, 6.45) is 3.40. The van der Waals surface area contributed by atoms with Crippen LogP contribution in [0.5, 0.6) is 0 Å². The second-order valence-electron chi connectivity index (χ2n) is 6.07. The standard InChI is InChI=1S/C16H18N6O/c1-11-13(19-21-22(11)12-6-3-2-4-7-12)10-14-18-15(20-23-14)16(17)8-5-9-16/h2-4,6-7H,5,8-10,17H2,1H3. The fourth-order valence-electron chi connectivity index (χ4n) is 2.79. The van der Waals surface area contributed by atoms with Crippen molar-refractivity contribution in [2.24, 2.45) is 5.73 Å². The Morgan fingerprint density at radius 3 is 2.74 bits per heavy atom. The molecule has 1 saturated carbocycles. The van der Waals surface area contributed by atoms with Gasteiger partial charge in [-0.15, -0.1) is 5.10 Å². The molecule has 0 saturated heterocycles. The molecule has 0 amide bonds. The molecule has 2 N–H and O–H groups in total. The van der Waals surface area contributed by atoms with E-state index in [0.717, 1.165) is 36.3 Å². The minimum Gasteiger partial charge on any atom is -0.339 e. The van der Waals surface area contributed by atoms with Crippen molar-refractivity contribution in [1.82, 2.24) is 25.1 Å². The van der Waals surface area contributed by atoms with Gasteiger partial charge in [0.2, 0.25) is 5.89 Å². The van der Waals surface area contributed by atoms with Crippen molar-refractivity contribution in [3.05, 3.63) is 53.4 Å². The number of benzene rings is 1. The predicted molar refractivity (Wildman–Crippen MR) is 82.9 cm³/mol. The summed E-state index contributed by atoms with van der Waals surface area (Å²) < 4.78 is 7.15. The predicted octanol–water partition coefficient (Wildman–Crippen LogP) is 1.89. The summed E-state index contributed by atoms with van der Waals surface area (Å²) >= 11 is 0. The van der Waals surface area contributed by atoms with Crippen molar-refractivity contribution in [2.75, 3.05) is 0 Å². The van der Waals surface area contributed by atoms with Crippen LogP contribution in [0.2, 0.25) is 0 Å². The molecule has 118 valence electrons. The van der Waals surface area contributed by atoms with E-state index in [1.807, 2.05) is 41.9 Å². The van der Waals surface area contributed by atoms with Crippen LogP contribution < -0.4 is 5.73 Å². The third-order valence-electron chi connectivity index (χ3n) is 4.47. The van der Waals surface area contributed by atoms with Crippen molar-refractivity contribution in [2.45, 2.75) is 38.1 Å². The maximum absolute atomic E-state index is 6.22. The summed E-state index contributed by atoms with van der Waals surface area (Å²) in [4.78, 5) is 4.44. The third kappa shape index (κ3) is 2.43. The summed E-state index contributed by atoms with van der Waals surface area (Å²) in [6.45, 7) is 1.98. The molecular formula is C16H18N6O. The molecule has 23 heavy (non-hydrogen) atoms. The van der Waals surface area contributed by atoms with E-state index < -0.39 is 5.54 Å². The van der Waals surface area contributed by atoms with Gasteiger partial charge < -0.3 is 10.3 Å². The number of aromatic nitrogens is 5. The van der Waals surface area contributed by atoms with Crippen LogP contribution >= 0.6 is 0 Å². The van der Waals surface area contributed by atoms with E-state index >= 15 is 0 Å².